The second-order valence-electron chi connectivity index (χ2n) is 4.52. The third-order valence-electron chi connectivity index (χ3n) is 3.06. The fraction of sp³-hybridized carbons (Fsp3) is 0.333. The summed E-state index contributed by atoms with van der Waals surface area (Å²) in [7, 11) is -4.85. The van der Waals surface area contributed by atoms with E-state index in [4.69, 9.17) is 4.74 Å². The maximum atomic E-state index is 11.5. The Morgan fingerprint density at radius 1 is 1.36 bits per heavy atom. The van der Waals surface area contributed by atoms with Gasteiger partial charge in [-0.05, 0) is 12.5 Å². The predicted molar refractivity (Wildman–Crippen MR) is 69.6 cm³/mol. The first-order chi connectivity index (χ1) is 9.80. The van der Waals surface area contributed by atoms with Gasteiger partial charge >= 0.3 is 35.7 Å². The third-order valence-corrected chi connectivity index (χ3v) is 4.06. The molecule has 1 N–H and O–H groups in total. The zero-order chi connectivity index (χ0) is 15.6. The van der Waals surface area contributed by atoms with E-state index in [1.807, 2.05) is 6.07 Å². The van der Waals surface area contributed by atoms with Gasteiger partial charge in [0, 0.05) is 0 Å². The smallest absolute Gasteiger partial charge is 0.731 e. The van der Waals surface area contributed by atoms with Crippen molar-refractivity contribution in [2.24, 2.45) is 0 Å². The molecule has 2 amide bonds. The minimum atomic E-state index is -4.85. The van der Waals surface area contributed by atoms with Crippen LogP contribution in [0.25, 0.3) is 0 Å². The Balaban J connectivity index is 0.00000242. The third kappa shape index (κ3) is 4.20. The number of nitrogens with zero attached hydrogens (tertiary/aromatic N) is 1. The zero-order valence-electron chi connectivity index (χ0n) is 12.1. The van der Waals surface area contributed by atoms with E-state index in [1.54, 1.807) is 24.3 Å². The van der Waals surface area contributed by atoms with Crippen molar-refractivity contribution in [1.29, 1.82) is 0 Å². The van der Waals surface area contributed by atoms with Gasteiger partial charge in [0.05, 0.1) is 6.04 Å². The first-order valence-corrected chi connectivity index (χ1v) is 7.43. The molecular formula is C12H13N2NaO6S. The summed E-state index contributed by atoms with van der Waals surface area (Å²) in [6.45, 7) is 1.37. The number of amides is 2. The van der Waals surface area contributed by atoms with Crippen LogP contribution < -0.4 is 34.9 Å². The van der Waals surface area contributed by atoms with Crippen molar-refractivity contribution in [2.45, 2.75) is 25.6 Å². The average Bonchev–Trinajstić information content (AvgIpc) is 2.42. The maximum absolute atomic E-state index is 11.5. The molecule has 0 aliphatic carbocycles. The molecular weight excluding hydrogens is 323 g/mol. The number of benzene rings is 1. The molecule has 114 valence electrons. The van der Waals surface area contributed by atoms with Crippen molar-refractivity contribution in [3.05, 3.63) is 35.9 Å². The van der Waals surface area contributed by atoms with E-state index in [0.717, 1.165) is 5.56 Å². The molecule has 22 heavy (non-hydrogen) atoms. The van der Waals surface area contributed by atoms with Gasteiger partial charge in [0.25, 0.3) is 5.91 Å². The molecule has 1 aliphatic heterocycles. The number of rotatable bonds is 4. The average molecular weight is 336 g/mol. The van der Waals surface area contributed by atoms with Gasteiger partial charge in [0.2, 0.25) is 0 Å². The Labute approximate surface area is 150 Å². The second kappa shape index (κ2) is 7.42. The molecule has 2 atom stereocenters. The Bertz CT molecular complexity index is 651. The van der Waals surface area contributed by atoms with E-state index in [2.05, 4.69) is 5.32 Å². The molecule has 2 unspecified atom stereocenters. The van der Waals surface area contributed by atoms with Crippen LogP contribution in [0, 0.1) is 0 Å². The van der Waals surface area contributed by atoms with Crippen LogP contribution in [0.1, 0.15) is 12.5 Å². The number of ether oxygens (including phenoxy) is 1. The van der Waals surface area contributed by atoms with E-state index in [9.17, 15) is 22.6 Å². The molecule has 0 bridgehead atoms. The minimum Gasteiger partial charge on any atom is -0.731 e. The molecule has 1 heterocycles. The molecule has 1 saturated heterocycles. The Morgan fingerprint density at radius 2 is 1.95 bits per heavy atom. The van der Waals surface area contributed by atoms with Crippen LogP contribution in [0.3, 0.4) is 0 Å². The Kier molecular flexibility index (Phi) is 6.38. The van der Waals surface area contributed by atoms with Crippen molar-refractivity contribution >= 4 is 22.3 Å². The molecule has 1 aromatic rings. The van der Waals surface area contributed by atoms with Gasteiger partial charge in [-0.25, -0.2) is 17.5 Å². The van der Waals surface area contributed by atoms with Gasteiger partial charge in [0.15, 0.2) is 10.3 Å². The number of hydrogen-bond acceptors (Lipinski definition) is 6. The number of carbonyl (C=O) groups is 2. The molecule has 0 spiro atoms. The van der Waals surface area contributed by atoms with Crippen LogP contribution >= 0.6 is 0 Å². The molecule has 10 heteroatoms. The summed E-state index contributed by atoms with van der Waals surface area (Å²) in [5, 5.41) is 2.23. The quantitative estimate of drug-likeness (QED) is 0.355. The number of hydrogen-bond donors (Lipinski definition) is 1. The zero-order valence-corrected chi connectivity index (χ0v) is 14.9. The number of nitrogens with one attached hydrogen (secondary N) is 1. The summed E-state index contributed by atoms with van der Waals surface area (Å²) in [5.41, 5.74) is 0.768. The fourth-order valence-electron chi connectivity index (χ4n) is 1.99. The van der Waals surface area contributed by atoms with Gasteiger partial charge < -0.3 is 14.6 Å². The number of alkyl carbamates (subject to hydrolysis) is 1. The van der Waals surface area contributed by atoms with Gasteiger partial charge in [0.1, 0.15) is 12.6 Å². The molecule has 2 rings (SSSR count). The van der Waals surface area contributed by atoms with Crippen LogP contribution in [0.4, 0.5) is 4.79 Å². The standard InChI is InChI=1S/C12H14N2O6S.Na/c1-8-10(11(15)14(8)21(17,18)19)13-12(16)20-7-9-5-3-2-4-6-9;/h2-6,8,10H,7H2,1H3,(H,13,16)(H,17,18,19);/q;+1/p-1. The van der Waals surface area contributed by atoms with Crippen LogP contribution in [-0.2, 0) is 26.4 Å². The minimum absolute atomic E-state index is 0. The van der Waals surface area contributed by atoms with Gasteiger partial charge in [-0.15, -0.1) is 0 Å². The van der Waals surface area contributed by atoms with E-state index < -0.39 is 34.4 Å². The van der Waals surface area contributed by atoms with Crippen molar-refractivity contribution < 1.29 is 56.9 Å². The van der Waals surface area contributed by atoms with Crippen molar-refractivity contribution in [2.75, 3.05) is 0 Å². The van der Waals surface area contributed by atoms with Gasteiger partial charge in [-0.3, -0.25) is 4.79 Å². The molecule has 0 saturated carbocycles. The van der Waals surface area contributed by atoms with E-state index in [1.165, 1.54) is 6.92 Å². The number of β-lactam (4-membered cyclic amide) rings is 1. The van der Waals surface area contributed by atoms with Crippen LogP contribution in [0.5, 0.6) is 0 Å². The predicted octanol–water partition coefficient (Wildman–Crippen LogP) is -3.02. The SMILES string of the molecule is CC1C(NC(=O)OCc2ccccc2)C(=O)N1S(=O)(=O)[O-].[Na+]. The molecule has 0 radical (unpaired) electrons. The summed E-state index contributed by atoms with van der Waals surface area (Å²) in [5.74, 6) is -0.964. The summed E-state index contributed by atoms with van der Waals surface area (Å²) in [6, 6.07) is 6.90. The van der Waals surface area contributed by atoms with Gasteiger partial charge in [-0.2, -0.15) is 0 Å². The van der Waals surface area contributed by atoms with Crippen LogP contribution in [-0.4, -0.2) is 41.4 Å². The van der Waals surface area contributed by atoms with Crippen molar-refractivity contribution in [3.8, 4) is 0 Å². The van der Waals surface area contributed by atoms with Crippen molar-refractivity contribution in [3.63, 3.8) is 0 Å². The first kappa shape index (κ1) is 18.9. The van der Waals surface area contributed by atoms with Crippen LogP contribution in [0.2, 0.25) is 0 Å². The summed E-state index contributed by atoms with van der Waals surface area (Å²) in [6.07, 6.45) is -0.855. The van der Waals surface area contributed by atoms with E-state index in [0.29, 0.717) is 0 Å². The summed E-state index contributed by atoms with van der Waals surface area (Å²) in [4.78, 5) is 23.0. The van der Waals surface area contributed by atoms with Crippen LogP contribution in [0.15, 0.2) is 30.3 Å². The Morgan fingerprint density at radius 3 is 2.45 bits per heavy atom. The molecule has 1 aromatic carbocycles. The normalized spacial score (nSPS) is 20.6. The van der Waals surface area contributed by atoms with Gasteiger partial charge in [-0.1, -0.05) is 30.3 Å². The topological polar surface area (TPSA) is 116 Å². The summed E-state index contributed by atoms with van der Waals surface area (Å²) < 4.78 is 37.4. The molecule has 1 aliphatic rings. The molecule has 1 fully saturated rings. The first-order valence-electron chi connectivity index (χ1n) is 6.07. The Hall–Kier alpha value is -1.13. The van der Waals surface area contributed by atoms with E-state index in [-0.39, 0.29) is 40.5 Å². The second-order valence-corrected chi connectivity index (χ2v) is 5.76. The summed E-state index contributed by atoms with van der Waals surface area (Å²) >= 11 is 0. The maximum Gasteiger partial charge on any atom is 1.00 e. The van der Waals surface area contributed by atoms with Crippen molar-refractivity contribution in [1.82, 2.24) is 9.62 Å². The number of carbonyl (C=O) groups excluding carboxylic acids is 2. The fourth-order valence-corrected chi connectivity index (χ4v) is 2.85. The monoisotopic (exact) mass is 336 g/mol. The van der Waals surface area contributed by atoms with E-state index >= 15 is 0 Å². The largest absolute Gasteiger partial charge is 1.00 e. The molecule has 0 aromatic heterocycles. The molecule has 8 nitrogen and oxygen atoms in total.